The van der Waals surface area contributed by atoms with Gasteiger partial charge in [-0.05, 0) is 54.3 Å². The standard InChI is InChI=1S/C24H21FN4O3/c1-13-3-5-16(25)10-18(13)22-19(11-26-28(22)2)14-4-6-17-15(9-14)12-29(24(17)32)20-7-8-21(30)27-23(20)31/h3-6,9-11,20H,7-8,12H2,1-2H3,(H,27,30,31). The predicted octanol–water partition coefficient (Wildman–Crippen LogP) is 2.96. The number of aromatic nitrogens is 2. The number of nitrogens with zero attached hydrogens (tertiary/aromatic N) is 3. The van der Waals surface area contributed by atoms with Gasteiger partial charge in [-0.25, -0.2) is 4.39 Å². The fraction of sp³-hybridized carbons (Fsp3) is 0.250. The highest BCUT2D eigenvalue weighted by molar-refractivity contribution is 6.05. The molecule has 0 radical (unpaired) electrons. The molecule has 2 aliphatic rings. The quantitative estimate of drug-likeness (QED) is 0.645. The second kappa shape index (κ2) is 7.40. The second-order valence-electron chi connectivity index (χ2n) is 8.26. The monoisotopic (exact) mass is 432 g/mol. The highest BCUT2D eigenvalue weighted by Gasteiger charge is 2.39. The fourth-order valence-electron chi connectivity index (χ4n) is 4.56. The summed E-state index contributed by atoms with van der Waals surface area (Å²) in [5.41, 5.74) is 5.50. The van der Waals surface area contributed by atoms with Crippen molar-refractivity contribution in [1.29, 1.82) is 0 Å². The summed E-state index contributed by atoms with van der Waals surface area (Å²) in [5.74, 6) is -1.28. The first-order valence-corrected chi connectivity index (χ1v) is 10.4. The molecule has 3 aromatic rings. The largest absolute Gasteiger partial charge is 0.322 e. The number of rotatable bonds is 3. The zero-order valence-corrected chi connectivity index (χ0v) is 17.7. The topological polar surface area (TPSA) is 84.3 Å². The molecule has 0 bridgehead atoms. The Morgan fingerprint density at radius 1 is 1.06 bits per heavy atom. The van der Waals surface area contributed by atoms with Gasteiger partial charge in [0, 0.05) is 36.7 Å². The van der Waals surface area contributed by atoms with E-state index in [1.54, 1.807) is 23.0 Å². The smallest absolute Gasteiger partial charge is 0.255 e. The third-order valence-corrected chi connectivity index (χ3v) is 6.23. The minimum absolute atomic E-state index is 0.214. The molecule has 162 valence electrons. The summed E-state index contributed by atoms with van der Waals surface area (Å²) in [6.45, 7) is 2.22. The van der Waals surface area contributed by atoms with Gasteiger partial charge in [-0.15, -0.1) is 0 Å². The normalized spacial score (nSPS) is 18.2. The van der Waals surface area contributed by atoms with Crippen molar-refractivity contribution in [2.75, 3.05) is 0 Å². The van der Waals surface area contributed by atoms with Crippen molar-refractivity contribution in [3.05, 3.63) is 65.1 Å². The van der Waals surface area contributed by atoms with E-state index < -0.39 is 11.9 Å². The van der Waals surface area contributed by atoms with Crippen LogP contribution in [0.1, 0.15) is 34.3 Å². The summed E-state index contributed by atoms with van der Waals surface area (Å²) in [7, 11) is 1.81. The zero-order valence-electron chi connectivity index (χ0n) is 17.7. The number of benzene rings is 2. The van der Waals surface area contributed by atoms with E-state index in [1.165, 1.54) is 17.0 Å². The van der Waals surface area contributed by atoms with E-state index >= 15 is 0 Å². The zero-order chi connectivity index (χ0) is 22.6. The van der Waals surface area contributed by atoms with Gasteiger partial charge in [0.05, 0.1) is 11.9 Å². The van der Waals surface area contributed by atoms with E-state index in [0.717, 1.165) is 33.5 Å². The fourth-order valence-corrected chi connectivity index (χ4v) is 4.56. The number of hydrogen-bond donors (Lipinski definition) is 1. The van der Waals surface area contributed by atoms with Gasteiger partial charge in [-0.3, -0.25) is 24.4 Å². The number of imide groups is 1. The van der Waals surface area contributed by atoms with Crippen LogP contribution < -0.4 is 5.32 Å². The van der Waals surface area contributed by atoms with Crippen molar-refractivity contribution < 1.29 is 18.8 Å². The van der Waals surface area contributed by atoms with E-state index in [1.807, 2.05) is 26.1 Å². The van der Waals surface area contributed by atoms with Crippen LogP contribution in [0.15, 0.2) is 42.6 Å². The van der Waals surface area contributed by atoms with E-state index in [0.29, 0.717) is 18.5 Å². The molecule has 1 saturated heterocycles. The van der Waals surface area contributed by atoms with Crippen molar-refractivity contribution in [2.45, 2.75) is 32.4 Å². The lowest BCUT2D eigenvalue weighted by molar-refractivity contribution is -0.136. The maximum atomic E-state index is 14.0. The number of nitrogens with one attached hydrogen (secondary N) is 1. The van der Waals surface area contributed by atoms with Crippen molar-refractivity contribution in [2.24, 2.45) is 7.05 Å². The van der Waals surface area contributed by atoms with Gasteiger partial charge in [-0.1, -0.05) is 12.1 Å². The van der Waals surface area contributed by atoms with Crippen molar-refractivity contribution in [3.63, 3.8) is 0 Å². The first kappa shape index (κ1) is 20.1. The molecule has 1 unspecified atom stereocenters. The molecule has 0 saturated carbocycles. The van der Waals surface area contributed by atoms with Crippen LogP contribution >= 0.6 is 0 Å². The molecule has 3 amide bonds. The van der Waals surface area contributed by atoms with E-state index in [2.05, 4.69) is 10.4 Å². The molecule has 7 nitrogen and oxygen atoms in total. The molecular formula is C24H21FN4O3. The van der Waals surface area contributed by atoms with E-state index in [4.69, 9.17) is 0 Å². The molecule has 0 aliphatic carbocycles. The van der Waals surface area contributed by atoms with Gasteiger partial charge in [-0.2, -0.15) is 5.10 Å². The Labute approximate surface area is 183 Å². The maximum absolute atomic E-state index is 14.0. The van der Waals surface area contributed by atoms with Crippen LogP contribution in [0, 0.1) is 12.7 Å². The van der Waals surface area contributed by atoms with Gasteiger partial charge >= 0.3 is 0 Å². The molecular weight excluding hydrogens is 411 g/mol. The first-order chi connectivity index (χ1) is 15.3. The Bertz CT molecular complexity index is 1300. The van der Waals surface area contributed by atoms with Crippen molar-refractivity contribution in [1.82, 2.24) is 20.0 Å². The third kappa shape index (κ3) is 3.19. The lowest BCUT2D eigenvalue weighted by Crippen LogP contribution is -2.52. The van der Waals surface area contributed by atoms with Crippen LogP contribution in [0.2, 0.25) is 0 Å². The average Bonchev–Trinajstić information content (AvgIpc) is 3.29. The minimum Gasteiger partial charge on any atom is -0.322 e. The van der Waals surface area contributed by atoms with Gasteiger partial charge in [0.25, 0.3) is 5.91 Å². The van der Waals surface area contributed by atoms with E-state index in [-0.39, 0.29) is 24.1 Å². The second-order valence-corrected chi connectivity index (χ2v) is 8.26. The number of amides is 3. The number of aryl methyl sites for hydroxylation is 2. The summed E-state index contributed by atoms with van der Waals surface area (Å²) in [6, 6.07) is 9.54. The van der Waals surface area contributed by atoms with Crippen molar-refractivity contribution >= 4 is 17.7 Å². The van der Waals surface area contributed by atoms with Crippen LogP contribution in [0.5, 0.6) is 0 Å². The Kier molecular flexibility index (Phi) is 4.65. The average molecular weight is 432 g/mol. The third-order valence-electron chi connectivity index (χ3n) is 6.23. The van der Waals surface area contributed by atoms with Crippen LogP contribution in [0.25, 0.3) is 22.4 Å². The number of hydrogen-bond acceptors (Lipinski definition) is 4. The number of fused-ring (bicyclic) bond motifs is 1. The first-order valence-electron chi connectivity index (χ1n) is 10.4. The Morgan fingerprint density at radius 3 is 2.66 bits per heavy atom. The lowest BCUT2D eigenvalue weighted by atomic mass is 9.96. The maximum Gasteiger partial charge on any atom is 0.255 e. The van der Waals surface area contributed by atoms with Crippen LogP contribution in [0.3, 0.4) is 0 Å². The van der Waals surface area contributed by atoms with E-state index in [9.17, 15) is 18.8 Å². The molecule has 1 N–H and O–H groups in total. The summed E-state index contributed by atoms with van der Waals surface area (Å²) >= 11 is 0. The molecule has 8 heteroatoms. The molecule has 3 heterocycles. The molecule has 1 fully saturated rings. The summed E-state index contributed by atoms with van der Waals surface area (Å²) in [4.78, 5) is 38.2. The highest BCUT2D eigenvalue weighted by atomic mass is 19.1. The molecule has 2 aromatic carbocycles. The number of piperidine rings is 1. The molecule has 1 atom stereocenters. The Balaban J connectivity index is 1.52. The van der Waals surface area contributed by atoms with Crippen molar-refractivity contribution in [3.8, 4) is 22.4 Å². The molecule has 5 rings (SSSR count). The van der Waals surface area contributed by atoms with Crippen LogP contribution in [0.4, 0.5) is 4.39 Å². The van der Waals surface area contributed by atoms with Gasteiger partial charge in [0.1, 0.15) is 11.9 Å². The highest BCUT2D eigenvalue weighted by Crippen LogP contribution is 2.36. The predicted molar refractivity (Wildman–Crippen MR) is 115 cm³/mol. The van der Waals surface area contributed by atoms with Crippen LogP contribution in [-0.2, 0) is 23.2 Å². The van der Waals surface area contributed by atoms with Gasteiger partial charge in [0.2, 0.25) is 11.8 Å². The summed E-state index contributed by atoms with van der Waals surface area (Å²) in [6.07, 6.45) is 2.27. The number of halogens is 1. The molecule has 2 aliphatic heterocycles. The number of carbonyl (C=O) groups excluding carboxylic acids is 3. The van der Waals surface area contributed by atoms with Gasteiger partial charge < -0.3 is 4.90 Å². The number of carbonyl (C=O) groups is 3. The molecule has 0 spiro atoms. The summed E-state index contributed by atoms with van der Waals surface area (Å²) in [5, 5.41) is 6.70. The van der Waals surface area contributed by atoms with Crippen LogP contribution in [-0.4, -0.2) is 38.4 Å². The Hall–Kier alpha value is -3.81. The summed E-state index contributed by atoms with van der Waals surface area (Å²) < 4.78 is 15.7. The molecule has 1 aromatic heterocycles. The lowest BCUT2D eigenvalue weighted by Gasteiger charge is -2.29. The minimum atomic E-state index is -0.653. The Morgan fingerprint density at radius 2 is 1.88 bits per heavy atom. The van der Waals surface area contributed by atoms with Gasteiger partial charge in [0.15, 0.2) is 0 Å². The molecule has 32 heavy (non-hydrogen) atoms. The SMILES string of the molecule is Cc1ccc(F)cc1-c1c(-c2ccc3c(c2)CN(C2CCC(=O)NC2=O)C3=O)cnn1C.